The molecule has 4 aromatic rings. The largest absolute Gasteiger partial charge is 0.497 e. The number of rotatable bonds is 6. The zero-order valence-corrected chi connectivity index (χ0v) is 16.3. The van der Waals surface area contributed by atoms with Crippen LogP contribution in [0.2, 0.25) is 0 Å². The zero-order chi connectivity index (χ0) is 19.6. The van der Waals surface area contributed by atoms with Crippen LogP contribution >= 0.6 is 11.3 Å². The molecule has 2 aromatic heterocycles. The number of aromatic nitrogens is 4. The van der Waals surface area contributed by atoms with Crippen LogP contribution in [0.3, 0.4) is 0 Å². The lowest BCUT2D eigenvalue weighted by molar-refractivity contribution is 0.415. The quantitative estimate of drug-likeness (QED) is 0.519. The molecule has 0 unspecified atom stereocenters. The highest BCUT2D eigenvalue weighted by Gasteiger charge is 2.28. The van der Waals surface area contributed by atoms with Gasteiger partial charge in [-0.3, -0.25) is 0 Å². The number of H-pyrrole nitrogens is 1. The van der Waals surface area contributed by atoms with Gasteiger partial charge in [0.1, 0.15) is 9.96 Å². The molecule has 8 nitrogen and oxygen atoms in total. The maximum absolute atomic E-state index is 13.4. The molecule has 0 amide bonds. The number of methoxy groups -OCH3 is 1. The molecule has 142 valence electrons. The van der Waals surface area contributed by atoms with Gasteiger partial charge in [0.05, 0.1) is 18.5 Å². The summed E-state index contributed by atoms with van der Waals surface area (Å²) in [6, 6.07) is 17.1. The fraction of sp³-hybridized carbons (Fsp3) is 0.0556. The summed E-state index contributed by atoms with van der Waals surface area (Å²) in [5.74, 6) is 0.930. The monoisotopic (exact) mass is 413 g/mol. The lowest BCUT2D eigenvalue weighted by Gasteiger charge is -2.24. The van der Waals surface area contributed by atoms with E-state index in [2.05, 4.69) is 20.6 Å². The molecule has 0 aliphatic carbocycles. The van der Waals surface area contributed by atoms with Crippen LogP contribution < -0.4 is 9.04 Å². The van der Waals surface area contributed by atoms with E-state index >= 15 is 0 Å². The number of hydrogen-bond acceptors (Lipinski definition) is 7. The molecule has 28 heavy (non-hydrogen) atoms. The molecular formula is C18H15N5O3S2. The van der Waals surface area contributed by atoms with E-state index < -0.39 is 10.0 Å². The number of ether oxygens (including phenoxy) is 1. The highest BCUT2D eigenvalue weighted by Crippen LogP contribution is 2.36. The third-order valence-corrected chi connectivity index (χ3v) is 7.09. The Morgan fingerprint density at radius 2 is 1.82 bits per heavy atom. The number of sulfonamides is 1. The summed E-state index contributed by atoms with van der Waals surface area (Å²) >= 11 is 1.16. The van der Waals surface area contributed by atoms with Crippen LogP contribution in [0.1, 0.15) is 0 Å². The zero-order valence-electron chi connectivity index (χ0n) is 14.7. The van der Waals surface area contributed by atoms with Crippen LogP contribution in [0.4, 0.5) is 11.4 Å². The Bertz CT molecular complexity index is 1180. The third kappa shape index (κ3) is 3.35. The molecule has 0 bridgehead atoms. The Labute approximate surface area is 165 Å². The van der Waals surface area contributed by atoms with Crippen molar-refractivity contribution in [3.8, 4) is 17.1 Å². The van der Waals surface area contributed by atoms with Gasteiger partial charge in [-0.05, 0) is 40.9 Å². The van der Waals surface area contributed by atoms with Gasteiger partial charge < -0.3 is 4.74 Å². The second-order valence-electron chi connectivity index (χ2n) is 5.69. The highest BCUT2D eigenvalue weighted by atomic mass is 32.2. The second kappa shape index (κ2) is 7.41. The van der Waals surface area contributed by atoms with E-state index in [1.54, 1.807) is 66.0 Å². The minimum Gasteiger partial charge on any atom is -0.497 e. The van der Waals surface area contributed by atoms with Crippen molar-refractivity contribution in [3.05, 3.63) is 66.0 Å². The number of anilines is 2. The van der Waals surface area contributed by atoms with E-state index in [-0.39, 0.29) is 4.21 Å². The molecule has 2 aromatic carbocycles. The van der Waals surface area contributed by atoms with Gasteiger partial charge >= 0.3 is 0 Å². The van der Waals surface area contributed by atoms with Crippen molar-refractivity contribution in [3.63, 3.8) is 0 Å². The molecule has 1 N–H and O–H groups in total. The van der Waals surface area contributed by atoms with Crippen LogP contribution in [0, 0.1) is 0 Å². The first-order valence-corrected chi connectivity index (χ1v) is 10.5. The predicted molar refractivity (Wildman–Crippen MR) is 106 cm³/mol. The van der Waals surface area contributed by atoms with Gasteiger partial charge in [-0.1, -0.05) is 24.3 Å². The summed E-state index contributed by atoms with van der Waals surface area (Å²) < 4.78 is 33.7. The maximum atomic E-state index is 13.4. The number of nitrogens with zero attached hydrogens (tertiary/aromatic N) is 4. The smallest absolute Gasteiger partial charge is 0.278 e. The van der Waals surface area contributed by atoms with Gasteiger partial charge in [-0.2, -0.15) is 13.6 Å². The minimum absolute atomic E-state index is 0.236. The van der Waals surface area contributed by atoms with Gasteiger partial charge in [0.25, 0.3) is 10.0 Å². The first-order chi connectivity index (χ1) is 13.6. The molecule has 10 heteroatoms. The topological polar surface area (TPSA) is 101 Å². The fourth-order valence-corrected chi connectivity index (χ4v) is 5.26. The molecule has 0 aliphatic rings. The lowest BCUT2D eigenvalue weighted by Crippen LogP contribution is -2.25. The average Bonchev–Trinajstić information content (AvgIpc) is 3.42. The predicted octanol–water partition coefficient (Wildman–Crippen LogP) is 3.46. The number of hydrogen-bond donors (Lipinski definition) is 1. The highest BCUT2D eigenvalue weighted by molar-refractivity contribution is 7.95. The number of benzene rings is 2. The number of nitrogens with one attached hydrogen (secondary N) is 1. The summed E-state index contributed by atoms with van der Waals surface area (Å²) in [5.41, 5.74) is 1.54. The molecule has 0 spiro atoms. The first-order valence-electron chi connectivity index (χ1n) is 8.16. The molecule has 0 aliphatic heterocycles. The van der Waals surface area contributed by atoms with Crippen LogP contribution in [0.5, 0.6) is 5.75 Å². The van der Waals surface area contributed by atoms with Crippen molar-refractivity contribution in [1.82, 2.24) is 20.6 Å². The number of tetrazole rings is 1. The lowest BCUT2D eigenvalue weighted by atomic mass is 10.2. The van der Waals surface area contributed by atoms with E-state index in [0.717, 1.165) is 11.3 Å². The van der Waals surface area contributed by atoms with E-state index in [0.29, 0.717) is 28.5 Å². The Balaban J connectivity index is 1.90. The Hall–Kier alpha value is -3.24. The molecule has 2 heterocycles. The SMILES string of the molecule is COc1cccc(N(c2cccc(-c3nn[nH]n3)c2)S(=O)(=O)c2cccs2)c1. The molecule has 4 rings (SSSR count). The standard InChI is InChI=1S/C18H15N5O3S2/c1-26-16-8-3-7-15(12-16)23(28(24,25)17-9-4-10-27-17)14-6-2-5-13(11-14)18-19-21-22-20-18/h2-12H,1H3,(H,19,20,21,22). The van der Waals surface area contributed by atoms with Crippen molar-refractivity contribution in [2.75, 3.05) is 11.4 Å². The van der Waals surface area contributed by atoms with Crippen molar-refractivity contribution < 1.29 is 13.2 Å². The van der Waals surface area contributed by atoms with Gasteiger partial charge in [0, 0.05) is 11.6 Å². The molecule has 0 atom stereocenters. The minimum atomic E-state index is -3.84. The van der Waals surface area contributed by atoms with Crippen LogP contribution in [-0.4, -0.2) is 36.2 Å². The Kier molecular flexibility index (Phi) is 4.80. The molecular weight excluding hydrogens is 398 g/mol. The molecule has 0 fully saturated rings. The normalized spacial score (nSPS) is 11.3. The number of thiophene rings is 1. The first kappa shape index (κ1) is 18.1. The Morgan fingerprint density at radius 1 is 1.04 bits per heavy atom. The molecule has 0 radical (unpaired) electrons. The summed E-state index contributed by atoms with van der Waals surface area (Å²) in [6.07, 6.45) is 0. The maximum Gasteiger partial charge on any atom is 0.278 e. The van der Waals surface area contributed by atoms with Crippen LogP contribution in [0.25, 0.3) is 11.4 Å². The summed E-state index contributed by atoms with van der Waals surface area (Å²) in [7, 11) is -2.31. The van der Waals surface area contributed by atoms with Gasteiger partial charge in [-0.15, -0.1) is 21.5 Å². The number of aromatic amines is 1. The van der Waals surface area contributed by atoms with Crippen molar-refractivity contribution >= 4 is 32.7 Å². The van der Waals surface area contributed by atoms with Crippen LogP contribution in [-0.2, 0) is 10.0 Å². The van der Waals surface area contributed by atoms with Gasteiger partial charge in [0.2, 0.25) is 5.82 Å². The fourth-order valence-electron chi connectivity index (χ4n) is 2.72. The summed E-state index contributed by atoms with van der Waals surface area (Å²) in [5, 5.41) is 15.6. The third-order valence-electron chi connectivity index (χ3n) is 3.96. The molecule has 0 saturated heterocycles. The summed E-state index contributed by atoms with van der Waals surface area (Å²) in [4.78, 5) is 0. The Morgan fingerprint density at radius 3 is 2.50 bits per heavy atom. The van der Waals surface area contributed by atoms with E-state index in [1.807, 2.05) is 0 Å². The van der Waals surface area contributed by atoms with Crippen LogP contribution in [0.15, 0.2) is 70.3 Å². The van der Waals surface area contributed by atoms with Crippen molar-refractivity contribution in [1.29, 1.82) is 0 Å². The van der Waals surface area contributed by atoms with Crippen molar-refractivity contribution in [2.24, 2.45) is 0 Å². The average molecular weight is 413 g/mol. The van der Waals surface area contributed by atoms with E-state index in [9.17, 15) is 8.42 Å². The summed E-state index contributed by atoms with van der Waals surface area (Å²) in [6.45, 7) is 0. The van der Waals surface area contributed by atoms with Gasteiger partial charge in [0.15, 0.2) is 0 Å². The van der Waals surface area contributed by atoms with Gasteiger partial charge in [-0.25, -0.2) is 4.31 Å². The van der Waals surface area contributed by atoms with E-state index in [4.69, 9.17) is 4.74 Å². The van der Waals surface area contributed by atoms with Crippen molar-refractivity contribution in [2.45, 2.75) is 4.21 Å². The second-order valence-corrected chi connectivity index (χ2v) is 8.65. The van der Waals surface area contributed by atoms with E-state index in [1.165, 1.54) is 11.4 Å². The molecule has 0 saturated carbocycles.